The molecule has 18 heavy (non-hydrogen) atoms. The summed E-state index contributed by atoms with van der Waals surface area (Å²) in [5, 5.41) is 28.6. The summed E-state index contributed by atoms with van der Waals surface area (Å²) in [6.45, 7) is 1.53. The number of nitrogens with zero attached hydrogens (tertiary/aromatic N) is 1. The zero-order chi connectivity index (χ0) is 13.7. The van der Waals surface area contributed by atoms with Crippen LogP contribution >= 0.6 is 0 Å². The van der Waals surface area contributed by atoms with Gasteiger partial charge in [0, 0.05) is 18.6 Å². The van der Waals surface area contributed by atoms with Crippen LogP contribution in [0.3, 0.4) is 0 Å². The second kappa shape index (κ2) is 5.97. The SMILES string of the molecule is CC(CO)COc1c(C(=O)O)cccc1[N+](=O)[O-]. The fourth-order valence-corrected chi connectivity index (χ4v) is 1.27. The minimum absolute atomic E-state index is 0.00162. The number of ether oxygens (including phenoxy) is 1. The zero-order valence-electron chi connectivity index (χ0n) is 9.70. The van der Waals surface area contributed by atoms with E-state index < -0.39 is 16.6 Å². The highest BCUT2D eigenvalue weighted by Crippen LogP contribution is 2.31. The Morgan fingerprint density at radius 2 is 2.22 bits per heavy atom. The third kappa shape index (κ3) is 3.17. The molecule has 0 heterocycles. The van der Waals surface area contributed by atoms with Crippen molar-refractivity contribution in [3.8, 4) is 5.75 Å². The van der Waals surface area contributed by atoms with Gasteiger partial charge in [0.05, 0.1) is 11.5 Å². The van der Waals surface area contributed by atoms with Crippen molar-refractivity contribution in [2.75, 3.05) is 13.2 Å². The van der Waals surface area contributed by atoms with E-state index in [1.165, 1.54) is 18.2 Å². The molecule has 1 unspecified atom stereocenters. The number of hydrogen-bond acceptors (Lipinski definition) is 5. The minimum atomic E-state index is -1.30. The fourth-order valence-electron chi connectivity index (χ4n) is 1.27. The van der Waals surface area contributed by atoms with Crippen LogP contribution in [-0.2, 0) is 0 Å². The van der Waals surface area contributed by atoms with Crippen molar-refractivity contribution in [2.24, 2.45) is 5.92 Å². The van der Waals surface area contributed by atoms with E-state index in [0.717, 1.165) is 0 Å². The standard InChI is InChI=1S/C11H13NO6/c1-7(5-13)6-18-10-8(11(14)15)3-2-4-9(10)12(16)17/h2-4,7,13H,5-6H2,1H3,(H,14,15). The predicted molar refractivity (Wildman–Crippen MR) is 61.8 cm³/mol. The molecule has 7 heteroatoms. The Balaban J connectivity index is 3.11. The number of aliphatic hydroxyl groups excluding tert-OH is 1. The van der Waals surface area contributed by atoms with E-state index in [4.69, 9.17) is 14.9 Å². The number of nitro benzene ring substituents is 1. The van der Waals surface area contributed by atoms with Gasteiger partial charge in [-0.2, -0.15) is 0 Å². The van der Waals surface area contributed by atoms with Crippen LogP contribution in [0.4, 0.5) is 5.69 Å². The largest absolute Gasteiger partial charge is 0.486 e. The number of aliphatic hydroxyl groups is 1. The normalized spacial score (nSPS) is 11.9. The summed E-state index contributed by atoms with van der Waals surface area (Å²) in [6.07, 6.45) is 0. The Bertz CT molecular complexity index is 427. The lowest BCUT2D eigenvalue weighted by Gasteiger charge is -2.12. The highest BCUT2D eigenvalue weighted by Gasteiger charge is 2.23. The lowest BCUT2D eigenvalue weighted by atomic mass is 10.1. The summed E-state index contributed by atoms with van der Waals surface area (Å²) < 4.78 is 5.16. The third-order valence-corrected chi connectivity index (χ3v) is 2.25. The smallest absolute Gasteiger partial charge is 0.339 e. The molecule has 0 saturated heterocycles. The van der Waals surface area contributed by atoms with Crippen LogP contribution < -0.4 is 4.74 Å². The summed E-state index contributed by atoms with van der Waals surface area (Å²) in [6, 6.07) is 3.68. The molecule has 0 aliphatic heterocycles. The molecule has 1 rings (SSSR count). The Kier molecular flexibility index (Phi) is 4.61. The molecule has 0 aromatic heterocycles. The monoisotopic (exact) mass is 255 g/mol. The number of hydrogen-bond donors (Lipinski definition) is 2. The van der Waals surface area contributed by atoms with Crippen LogP contribution in [0.15, 0.2) is 18.2 Å². The quantitative estimate of drug-likeness (QED) is 0.585. The maximum atomic E-state index is 11.0. The molecule has 7 nitrogen and oxygen atoms in total. The number of nitro groups is 1. The molecular weight excluding hydrogens is 242 g/mol. The van der Waals surface area contributed by atoms with Crippen molar-refractivity contribution in [2.45, 2.75) is 6.92 Å². The number of rotatable bonds is 6. The summed E-state index contributed by atoms with van der Waals surface area (Å²) in [4.78, 5) is 21.0. The van der Waals surface area contributed by atoms with Gasteiger partial charge in [0.25, 0.3) is 0 Å². The van der Waals surface area contributed by atoms with E-state index in [9.17, 15) is 14.9 Å². The van der Waals surface area contributed by atoms with Crippen molar-refractivity contribution >= 4 is 11.7 Å². The third-order valence-electron chi connectivity index (χ3n) is 2.25. The topological polar surface area (TPSA) is 110 Å². The highest BCUT2D eigenvalue weighted by atomic mass is 16.6. The first-order valence-corrected chi connectivity index (χ1v) is 5.21. The number of carboxylic acid groups (broad SMARTS) is 1. The maximum Gasteiger partial charge on any atom is 0.339 e. The van der Waals surface area contributed by atoms with Gasteiger partial charge in [0.2, 0.25) is 5.75 Å². The average molecular weight is 255 g/mol. The number of carboxylic acids is 1. The first-order chi connectivity index (χ1) is 8.47. The molecule has 0 aliphatic rings. The van der Waals surface area contributed by atoms with E-state index in [0.29, 0.717) is 0 Å². The van der Waals surface area contributed by atoms with Gasteiger partial charge in [0.1, 0.15) is 5.56 Å². The van der Waals surface area contributed by atoms with Gasteiger partial charge in [-0.15, -0.1) is 0 Å². The van der Waals surface area contributed by atoms with E-state index in [1.807, 2.05) is 0 Å². The summed E-state index contributed by atoms with van der Waals surface area (Å²) >= 11 is 0. The predicted octanol–water partition coefficient (Wildman–Crippen LogP) is 1.30. The van der Waals surface area contributed by atoms with E-state index in [2.05, 4.69) is 0 Å². The van der Waals surface area contributed by atoms with Crippen LogP contribution in [0.1, 0.15) is 17.3 Å². The Hall–Kier alpha value is -2.15. The molecule has 1 aromatic carbocycles. The number of aromatic carboxylic acids is 1. The van der Waals surface area contributed by atoms with Crippen molar-refractivity contribution < 1.29 is 24.7 Å². The van der Waals surface area contributed by atoms with E-state index in [-0.39, 0.29) is 30.4 Å². The second-order valence-corrected chi connectivity index (χ2v) is 3.81. The molecule has 0 spiro atoms. The van der Waals surface area contributed by atoms with Crippen molar-refractivity contribution in [3.05, 3.63) is 33.9 Å². The van der Waals surface area contributed by atoms with E-state index in [1.54, 1.807) is 6.92 Å². The Morgan fingerprint density at radius 3 is 2.72 bits per heavy atom. The molecule has 2 N–H and O–H groups in total. The summed E-state index contributed by atoms with van der Waals surface area (Å²) in [5.41, 5.74) is -0.672. The molecule has 0 aliphatic carbocycles. The molecule has 0 fully saturated rings. The van der Waals surface area contributed by atoms with Gasteiger partial charge in [0.15, 0.2) is 0 Å². The fraction of sp³-hybridized carbons (Fsp3) is 0.364. The van der Waals surface area contributed by atoms with E-state index >= 15 is 0 Å². The van der Waals surface area contributed by atoms with Gasteiger partial charge in [-0.1, -0.05) is 13.0 Å². The molecule has 0 radical (unpaired) electrons. The van der Waals surface area contributed by atoms with Gasteiger partial charge >= 0.3 is 11.7 Å². The molecule has 1 atom stereocenters. The van der Waals surface area contributed by atoms with Crippen molar-refractivity contribution in [3.63, 3.8) is 0 Å². The van der Waals surface area contributed by atoms with Gasteiger partial charge < -0.3 is 14.9 Å². The van der Waals surface area contributed by atoms with Crippen LogP contribution in [-0.4, -0.2) is 34.3 Å². The van der Waals surface area contributed by atoms with Crippen LogP contribution in [0.2, 0.25) is 0 Å². The Morgan fingerprint density at radius 1 is 1.56 bits per heavy atom. The molecule has 0 amide bonds. The molecule has 0 bridgehead atoms. The highest BCUT2D eigenvalue weighted by molar-refractivity contribution is 5.92. The first kappa shape index (κ1) is 13.9. The van der Waals surface area contributed by atoms with Crippen molar-refractivity contribution in [1.29, 1.82) is 0 Å². The number of benzene rings is 1. The second-order valence-electron chi connectivity index (χ2n) is 3.81. The molecule has 0 saturated carbocycles. The van der Waals surface area contributed by atoms with Gasteiger partial charge in [-0.05, 0) is 6.07 Å². The molecule has 1 aromatic rings. The summed E-state index contributed by atoms with van der Waals surface area (Å²) in [5.74, 6) is -1.83. The molecule has 98 valence electrons. The number of para-hydroxylation sites is 1. The lowest BCUT2D eigenvalue weighted by Crippen LogP contribution is -2.14. The van der Waals surface area contributed by atoms with Crippen LogP contribution in [0, 0.1) is 16.0 Å². The van der Waals surface area contributed by atoms with Gasteiger partial charge in [-0.25, -0.2) is 4.79 Å². The Labute approximate surface area is 103 Å². The van der Waals surface area contributed by atoms with Crippen molar-refractivity contribution in [1.82, 2.24) is 0 Å². The minimum Gasteiger partial charge on any atom is -0.486 e. The lowest BCUT2D eigenvalue weighted by molar-refractivity contribution is -0.385. The van der Waals surface area contributed by atoms with Crippen LogP contribution in [0.5, 0.6) is 5.75 Å². The summed E-state index contributed by atoms with van der Waals surface area (Å²) in [7, 11) is 0. The van der Waals surface area contributed by atoms with Crippen LogP contribution in [0.25, 0.3) is 0 Å². The number of carbonyl (C=O) groups is 1. The molecular formula is C11H13NO6. The zero-order valence-corrected chi connectivity index (χ0v) is 9.70. The maximum absolute atomic E-state index is 11.0. The average Bonchev–Trinajstić information content (AvgIpc) is 2.34. The first-order valence-electron chi connectivity index (χ1n) is 5.21. The van der Waals surface area contributed by atoms with Gasteiger partial charge in [-0.3, -0.25) is 10.1 Å².